The minimum Gasteiger partial charge on any atom is -0.311 e. The highest BCUT2D eigenvalue weighted by molar-refractivity contribution is 7.90. The van der Waals surface area contributed by atoms with Crippen molar-refractivity contribution in [2.75, 3.05) is 31.6 Å². The zero-order chi connectivity index (χ0) is 15.2. The van der Waals surface area contributed by atoms with Gasteiger partial charge < -0.3 is 5.32 Å². The van der Waals surface area contributed by atoms with Crippen LogP contribution in [0.2, 0.25) is 0 Å². The van der Waals surface area contributed by atoms with Gasteiger partial charge in [-0.2, -0.15) is 0 Å². The van der Waals surface area contributed by atoms with Gasteiger partial charge in [0, 0.05) is 31.4 Å². The molecule has 20 heavy (non-hydrogen) atoms. The Morgan fingerprint density at radius 2 is 2.05 bits per heavy atom. The van der Waals surface area contributed by atoms with E-state index in [4.69, 9.17) is 0 Å². The smallest absolute Gasteiger partial charge is 0.147 e. The van der Waals surface area contributed by atoms with Gasteiger partial charge in [-0.3, -0.25) is 4.90 Å². The Morgan fingerprint density at radius 1 is 1.35 bits per heavy atom. The lowest BCUT2D eigenvalue weighted by molar-refractivity contribution is 0.0892. The van der Waals surface area contributed by atoms with Gasteiger partial charge >= 0.3 is 0 Å². The fourth-order valence-corrected chi connectivity index (χ4v) is 3.71. The largest absolute Gasteiger partial charge is 0.311 e. The van der Waals surface area contributed by atoms with Crippen LogP contribution in [-0.4, -0.2) is 57.0 Å². The number of hydrogen-bond donors (Lipinski definition) is 1. The fourth-order valence-electron chi connectivity index (χ4n) is 3.06. The summed E-state index contributed by atoms with van der Waals surface area (Å²) in [4.78, 5) is 2.52. The first-order valence-electron chi connectivity index (χ1n) is 8.02. The van der Waals surface area contributed by atoms with Gasteiger partial charge in [-0.05, 0) is 25.3 Å². The molecule has 1 fully saturated rings. The first-order valence-corrected chi connectivity index (χ1v) is 10.1. The molecule has 3 unspecified atom stereocenters. The zero-order valence-corrected chi connectivity index (χ0v) is 14.4. The molecule has 0 radical (unpaired) electrons. The van der Waals surface area contributed by atoms with Gasteiger partial charge in [0.05, 0.1) is 5.75 Å². The van der Waals surface area contributed by atoms with E-state index in [0.717, 1.165) is 26.1 Å². The molecule has 0 saturated carbocycles. The molecule has 1 heterocycles. The average molecular weight is 305 g/mol. The SMILES string of the molecule is CCCC1CN(CCCS(C)(=O)=O)C(C(C)CC)CN1. The van der Waals surface area contributed by atoms with Crippen LogP contribution in [0.3, 0.4) is 0 Å². The molecule has 0 spiro atoms. The van der Waals surface area contributed by atoms with E-state index < -0.39 is 9.84 Å². The van der Waals surface area contributed by atoms with Crippen LogP contribution in [0.4, 0.5) is 0 Å². The van der Waals surface area contributed by atoms with Crippen LogP contribution in [0.5, 0.6) is 0 Å². The number of nitrogens with one attached hydrogen (secondary N) is 1. The van der Waals surface area contributed by atoms with Crippen molar-refractivity contribution in [2.45, 2.75) is 58.5 Å². The van der Waals surface area contributed by atoms with Crippen molar-refractivity contribution >= 4 is 9.84 Å². The van der Waals surface area contributed by atoms with Gasteiger partial charge in [-0.15, -0.1) is 0 Å². The first-order chi connectivity index (χ1) is 9.37. The Labute approximate surface area is 125 Å². The summed E-state index contributed by atoms with van der Waals surface area (Å²) in [5, 5.41) is 3.66. The molecule has 0 aromatic rings. The predicted octanol–water partition coefficient (Wildman–Crippen LogP) is 1.91. The maximum Gasteiger partial charge on any atom is 0.147 e. The van der Waals surface area contributed by atoms with E-state index in [1.165, 1.54) is 25.5 Å². The third-order valence-corrected chi connectivity index (χ3v) is 5.47. The molecule has 3 atom stereocenters. The lowest BCUT2D eigenvalue weighted by Gasteiger charge is -2.43. The molecule has 0 aliphatic carbocycles. The van der Waals surface area contributed by atoms with Crippen molar-refractivity contribution in [1.82, 2.24) is 10.2 Å². The predicted molar refractivity (Wildman–Crippen MR) is 85.8 cm³/mol. The van der Waals surface area contributed by atoms with Crippen molar-refractivity contribution in [2.24, 2.45) is 5.92 Å². The molecule has 1 N–H and O–H groups in total. The second-order valence-electron chi connectivity index (χ2n) is 6.33. The Kier molecular flexibility index (Phi) is 7.48. The maximum absolute atomic E-state index is 11.3. The van der Waals surface area contributed by atoms with Crippen molar-refractivity contribution in [3.8, 4) is 0 Å². The van der Waals surface area contributed by atoms with Crippen LogP contribution in [0.25, 0.3) is 0 Å². The van der Waals surface area contributed by atoms with Gasteiger partial charge in [0.2, 0.25) is 0 Å². The zero-order valence-electron chi connectivity index (χ0n) is 13.6. The molecule has 1 rings (SSSR count). The Bertz CT molecular complexity index is 370. The lowest BCUT2D eigenvalue weighted by atomic mass is 9.93. The molecule has 0 aromatic carbocycles. The van der Waals surface area contributed by atoms with Crippen molar-refractivity contribution in [3.63, 3.8) is 0 Å². The van der Waals surface area contributed by atoms with Crippen molar-refractivity contribution in [1.29, 1.82) is 0 Å². The van der Waals surface area contributed by atoms with Gasteiger partial charge in [0.25, 0.3) is 0 Å². The third kappa shape index (κ3) is 6.10. The van der Waals surface area contributed by atoms with E-state index in [1.807, 2.05) is 0 Å². The highest BCUT2D eigenvalue weighted by Gasteiger charge is 2.30. The normalized spacial score (nSPS) is 26.6. The summed E-state index contributed by atoms with van der Waals surface area (Å²) in [5.41, 5.74) is 0. The molecule has 1 aliphatic heterocycles. The van der Waals surface area contributed by atoms with Crippen LogP contribution in [0, 0.1) is 5.92 Å². The molecule has 0 amide bonds. The van der Waals surface area contributed by atoms with E-state index in [9.17, 15) is 8.42 Å². The van der Waals surface area contributed by atoms with E-state index in [1.54, 1.807) is 0 Å². The summed E-state index contributed by atoms with van der Waals surface area (Å²) in [5.74, 6) is 0.964. The van der Waals surface area contributed by atoms with Crippen LogP contribution in [0.1, 0.15) is 46.5 Å². The Balaban J connectivity index is 2.57. The second kappa shape index (κ2) is 8.35. The first kappa shape index (κ1) is 17.9. The number of piperazine rings is 1. The Morgan fingerprint density at radius 3 is 2.60 bits per heavy atom. The van der Waals surface area contributed by atoms with Crippen molar-refractivity contribution in [3.05, 3.63) is 0 Å². The van der Waals surface area contributed by atoms with Gasteiger partial charge in [-0.1, -0.05) is 33.6 Å². The molecule has 5 heteroatoms. The molecule has 0 aromatic heterocycles. The highest BCUT2D eigenvalue weighted by Crippen LogP contribution is 2.20. The third-order valence-electron chi connectivity index (χ3n) is 4.44. The molecule has 1 aliphatic rings. The van der Waals surface area contributed by atoms with E-state index in [-0.39, 0.29) is 0 Å². The van der Waals surface area contributed by atoms with Gasteiger partial charge in [0.15, 0.2) is 0 Å². The highest BCUT2D eigenvalue weighted by atomic mass is 32.2. The number of hydrogen-bond acceptors (Lipinski definition) is 4. The lowest BCUT2D eigenvalue weighted by Crippen LogP contribution is -2.58. The maximum atomic E-state index is 11.3. The fraction of sp³-hybridized carbons (Fsp3) is 1.00. The van der Waals surface area contributed by atoms with Crippen LogP contribution in [0.15, 0.2) is 0 Å². The Hall–Kier alpha value is -0.130. The van der Waals surface area contributed by atoms with Crippen LogP contribution in [-0.2, 0) is 9.84 Å². The summed E-state index contributed by atoms with van der Waals surface area (Å²) in [6.07, 6.45) is 5.66. The molecule has 120 valence electrons. The monoisotopic (exact) mass is 304 g/mol. The molecular formula is C15H32N2O2S. The molecular weight excluding hydrogens is 272 g/mol. The minimum absolute atomic E-state index is 0.308. The second-order valence-corrected chi connectivity index (χ2v) is 8.58. The van der Waals surface area contributed by atoms with E-state index in [0.29, 0.717) is 23.8 Å². The summed E-state index contributed by atoms with van der Waals surface area (Å²) < 4.78 is 22.6. The summed E-state index contributed by atoms with van der Waals surface area (Å²) in [6, 6.07) is 1.12. The summed E-state index contributed by atoms with van der Waals surface area (Å²) >= 11 is 0. The minimum atomic E-state index is -2.83. The molecule has 0 bridgehead atoms. The average Bonchev–Trinajstić information content (AvgIpc) is 2.37. The standard InChI is InChI=1S/C15H32N2O2S/c1-5-8-14-12-17(9-7-10-20(4,18)19)15(11-16-14)13(3)6-2/h13-16H,5-12H2,1-4H3. The van der Waals surface area contributed by atoms with Crippen LogP contribution < -0.4 is 5.32 Å². The molecule has 4 nitrogen and oxygen atoms in total. The topological polar surface area (TPSA) is 49.4 Å². The summed E-state index contributed by atoms with van der Waals surface area (Å²) in [6.45, 7) is 9.76. The van der Waals surface area contributed by atoms with Gasteiger partial charge in [0.1, 0.15) is 9.84 Å². The number of sulfone groups is 1. The number of rotatable bonds is 8. The number of nitrogens with zero attached hydrogens (tertiary/aromatic N) is 1. The van der Waals surface area contributed by atoms with Crippen molar-refractivity contribution < 1.29 is 8.42 Å². The van der Waals surface area contributed by atoms with Crippen LogP contribution >= 0.6 is 0 Å². The molecule has 1 saturated heterocycles. The van der Waals surface area contributed by atoms with E-state index in [2.05, 4.69) is 31.0 Å². The van der Waals surface area contributed by atoms with E-state index >= 15 is 0 Å². The quantitative estimate of drug-likeness (QED) is 0.744. The summed E-state index contributed by atoms with van der Waals surface area (Å²) in [7, 11) is -2.83. The van der Waals surface area contributed by atoms with Gasteiger partial charge in [-0.25, -0.2) is 8.42 Å².